The van der Waals surface area contributed by atoms with Crippen LogP contribution in [0.1, 0.15) is 28.8 Å². The number of rotatable bonds is 4. The van der Waals surface area contributed by atoms with E-state index in [0.717, 1.165) is 0 Å². The van der Waals surface area contributed by atoms with Crippen LogP contribution in [0.5, 0.6) is 0 Å². The average Bonchev–Trinajstić information content (AvgIpc) is 2.17. The zero-order valence-electron chi connectivity index (χ0n) is 7.84. The summed E-state index contributed by atoms with van der Waals surface area (Å²) < 4.78 is 25.0. The quantitative estimate of drug-likeness (QED) is 0.860. The minimum Gasteiger partial charge on any atom is -0.330 e. The molecule has 1 rings (SSSR count). The Kier molecular flexibility index (Phi) is 4.35. The van der Waals surface area contributed by atoms with Crippen LogP contribution < -0.4 is 5.73 Å². The molecule has 0 amide bonds. The fourth-order valence-electron chi connectivity index (χ4n) is 1.15. The first kappa shape index (κ1) is 12.3. The fraction of sp³-hybridized carbons (Fsp3) is 0.300. The number of halogens is 3. The van der Waals surface area contributed by atoms with Gasteiger partial charge < -0.3 is 5.73 Å². The maximum Gasteiger partial charge on any atom is 0.264 e. The highest BCUT2D eigenvalue weighted by atomic mass is 79.9. The Morgan fingerprint density at radius 1 is 1.47 bits per heavy atom. The number of Topliss-reactive ketones (excluding diaryl/α,β-unsaturated/α-hetero) is 1. The monoisotopic (exact) mass is 277 g/mol. The Morgan fingerprint density at radius 2 is 2.13 bits per heavy atom. The lowest BCUT2D eigenvalue weighted by atomic mass is 10.1. The van der Waals surface area contributed by atoms with Crippen LogP contribution in [0.25, 0.3) is 0 Å². The van der Waals surface area contributed by atoms with Crippen LogP contribution in [0, 0.1) is 0 Å². The van der Waals surface area contributed by atoms with Crippen molar-refractivity contribution in [2.45, 2.75) is 12.8 Å². The van der Waals surface area contributed by atoms with E-state index < -0.39 is 6.43 Å². The lowest BCUT2D eigenvalue weighted by Gasteiger charge is -2.05. The van der Waals surface area contributed by atoms with Gasteiger partial charge in [-0.1, -0.05) is 28.1 Å². The van der Waals surface area contributed by atoms with Gasteiger partial charge in [-0.3, -0.25) is 4.79 Å². The van der Waals surface area contributed by atoms with Crippen LogP contribution in [0.15, 0.2) is 22.7 Å². The third-order valence-corrected chi connectivity index (χ3v) is 2.62. The van der Waals surface area contributed by atoms with Gasteiger partial charge in [0.1, 0.15) is 0 Å². The molecule has 82 valence electrons. The highest BCUT2D eigenvalue weighted by molar-refractivity contribution is 9.10. The Morgan fingerprint density at radius 3 is 2.60 bits per heavy atom. The smallest absolute Gasteiger partial charge is 0.264 e. The van der Waals surface area contributed by atoms with Crippen molar-refractivity contribution in [2.75, 3.05) is 6.54 Å². The van der Waals surface area contributed by atoms with Crippen molar-refractivity contribution >= 4 is 21.7 Å². The zero-order chi connectivity index (χ0) is 11.4. The Bertz CT molecular complexity index is 368. The molecule has 5 heteroatoms. The van der Waals surface area contributed by atoms with Crippen molar-refractivity contribution in [2.24, 2.45) is 5.73 Å². The minimum absolute atomic E-state index is 0.112. The first-order chi connectivity index (χ1) is 7.06. The second kappa shape index (κ2) is 5.32. The molecule has 0 atom stereocenters. The summed E-state index contributed by atoms with van der Waals surface area (Å²) in [5.41, 5.74) is 5.52. The highest BCUT2D eigenvalue weighted by Crippen LogP contribution is 2.28. The Labute approximate surface area is 94.6 Å². The molecule has 0 fully saturated rings. The molecule has 0 spiro atoms. The van der Waals surface area contributed by atoms with E-state index in [0.29, 0.717) is 5.56 Å². The van der Waals surface area contributed by atoms with E-state index in [2.05, 4.69) is 15.9 Å². The van der Waals surface area contributed by atoms with E-state index in [1.54, 1.807) is 0 Å². The topological polar surface area (TPSA) is 43.1 Å². The summed E-state index contributed by atoms with van der Waals surface area (Å²) in [7, 11) is 0. The molecule has 1 aromatic rings. The predicted octanol–water partition coefficient (Wildman–Crippen LogP) is 2.92. The number of benzene rings is 1. The highest BCUT2D eigenvalue weighted by Gasteiger charge is 2.13. The molecule has 2 nitrogen and oxygen atoms in total. The molecule has 0 aliphatic carbocycles. The first-order valence-electron chi connectivity index (χ1n) is 4.37. The molecule has 0 radical (unpaired) electrons. The molecule has 2 N–H and O–H groups in total. The molecule has 0 heterocycles. The fourth-order valence-corrected chi connectivity index (χ4v) is 1.70. The summed E-state index contributed by atoms with van der Waals surface area (Å²) in [5.74, 6) is -0.140. The van der Waals surface area contributed by atoms with Crippen LogP contribution >= 0.6 is 15.9 Å². The molecule has 15 heavy (non-hydrogen) atoms. The van der Waals surface area contributed by atoms with Crippen molar-refractivity contribution in [1.82, 2.24) is 0 Å². The molecule has 0 bridgehead atoms. The number of ketones is 1. The van der Waals surface area contributed by atoms with Crippen LogP contribution in [-0.2, 0) is 0 Å². The third-order valence-electron chi connectivity index (χ3n) is 1.93. The standard InChI is InChI=1S/C10H10BrF2NO/c11-8-5-6(9(15)3-4-14)1-2-7(8)10(12)13/h1-2,5,10H,3-4,14H2. The number of carbonyl (C=O) groups is 1. The van der Waals surface area contributed by atoms with E-state index in [1.165, 1.54) is 18.2 Å². The van der Waals surface area contributed by atoms with Crippen molar-refractivity contribution in [1.29, 1.82) is 0 Å². The van der Waals surface area contributed by atoms with E-state index in [1.807, 2.05) is 0 Å². The average molecular weight is 278 g/mol. The number of hydrogen-bond acceptors (Lipinski definition) is 2. The SMILES string of the molecule is NCCC(=O)c1ccc(C(F)F)c(Br)c1. The van der Waals surface area contributed by atoms with Crippen molar-refractivity contribution in [3.8, 4) is 0 Å². The summed E-state index contributed by atoms with van der Waals surface area (Å²) in [6.07, 6.45) is -2.32. The maximum atomic E-state index is 12.4. The summed E-state index contributed by atoms with van der Waals surface area (Å²) in [5, 5.41) is 0. The lowest BCUT2D eigenvalue weighted by Crippen LogP contribution is -2.08. The van der Waals surface area contributed by atoms with Crippen LogP contribution in [-0.4, -0.2) is 12.3 Å². The zero-order valence-corrected chi connectivity index (χ0v) is 9.43. The molecular weight excluding hydrogens is 268 g/mol. The van der Waals surface area contributed by atoms with Gasteiger partial charge in [-0.25, -0.2) is 8.78 Å². The van der Waals surface area contributed by atoms with Gasteiger partial charge in [0.2, 0.25) is 0 Å². The summed E-state index contributed by atoms with van der Waals surface area (Å²) in [6.45, 7) is 0.257. The van der Waals surface area contributed by atoms with Crippen LogP contribution in [0.3, 0.4) is 0 Å². The summed E-state index contributed by atoms with van der Waals surface area (Å²) in [6, 6.07) is 4.04. The second-order valence-corrected chi connectivity index (χ2v) is 3.85. The van der Waals surface area contributed by atoms with Crippen molar-refractivity contribution in [3.05, 3.63) is 33.8 Å². The molecule has 0 saturated carbocycles. The number of hydrogen-bond donors (Lipinski definition) is 1. The van der Waals surface area contributed by atoms with Gasteiger partial charge in [-0.05, 0) is 12.6 Å². The van der Waals surface area contributed by atoms with Gasteiger partial charge in [-0.2, -0.15) is 0 Å². The molecule has 0 saturated heterocycles. The molecule has 0 aliphatic rings. The lowest BCUT2D eigenvalue weighted by molar-refractivity contribution is 0.0984. The van der Waals surface area contributed by atoms with Crippen LogP contribution in [0.4, 0.5) is 8.78 Å². The summed E-state index contributed by atoms with van der Waals surface area (Å²) >= 11 is 3.00. The van der Waals surface area contributed by atoms with Gasteiger partial charge in [-0.15, -0.1) is 0 Å². The second-order valence-electron chi connectivity index (χ2n) is 3.00. The molecular formula is C10H10BrF2NO. The molecule has 1 aromatic carbocycles. The maximum absolute atomic E-state index is 12.4. The van der Waals surface area contributed by atoms with E-state index in [4.69, 9.17) is 5.73 Å². The Hall–Kier alpha value is -0.810. The Balaban J connectivity index is 2.96. The number of nitrogens with two attached hydrogens (primary N) is 1. The first-order valence-corrected chi connectivity index (χ1v) is 5.16. The van der Waals surface area contributed by atoms with Gasteiger partial charge in [0.15, 0.2) is 5.78 Å². The molecule has 0 aliphatic heterocycles. The third kappa shape index (κ3) is 3.07. The van der Waals surface area contributed by atoms with E-state index >= 15 is 0 Å². The van der Waals surface area contributed by atoms with Gasteiger partial charge in [0.05, 0.1) is 0 Å². The number of carbonyl (C=O) groups excluding carboxylic acids is 1. The number of alkyl halides is 2. The largest absolute Gasteiger partial charge is 0.330 e. The molecule has 0 aromatic heterocycles. The van der Waals surface area contributed by atoms with Gasteiger partial charge in [0.25, 0.3) is 6.43 Å². The van der Waals surface area contributed by atoms with E-state index in [-0.39, 0.29) is 28.8 Å². The van der Waals surface area contributed by atoms with Gasteiger partial charge in [0, 0.05) is 22.0 Å². The predicted molar refractivity (Wildman–Crippen MR) is 57.1 cm³/mol. The normalized spacial score (nSPS) is 10.7. The molecule has 0 unspecified atom stereocenters. The van der Waals surface area contributed by atoms with Crippen molar-refractivity contribution in [3.63, 3.8) is 0 Å². The summed E-state index contributed by atoms with van der Waals surface area (Å²) in [4.78, 5) is 11.4. The van der Waals surface area contributed by atoms with E-state index in [9.17, 15) is 13.6 Å². The minimum atomic E-state index is -2.54. The van der Waals surface area contributed by atoms with Crippen LogP contribution in [0.2, 0.25) is 0 Å². The van der Waals surface area contributed by atoms with Crippen molar-refractivity contribution < 1.29 is 13.6 Å². The van der Waals surface area contributed by atoms with Gasteiger partial charge >= 0.3 is 0 Å².